The number of carbonyl (C=O) groups excluding carboxylic acids is 3. The summed E-state index contributed by atoms with van der Waals surface area (Å²) in [6.45, 7) is 0.115. The summed E-state index contributed by atoms with van der Waals surface area (Å²) in [4.78, 5) is 50.8. The topological polar surface area (TPSA) is 113 Å². The van der Waals surface area contributed by atoms with Gasteiger partial charge in [-0.15, -0.1) is 0 Å². The molecule has 4 amide bonds. The highest BCUT2D eigenvalue weighted by Crippen LogP contribution is 2.32. The molecule has 1 heterocycles. The lowest BCUT2D eigenvalue weighted by molar-refractivity contribution is -0.122. The number of hydrogen-bond donors (Lipinski definition) is 2. The highest BCUT2D eigenvalue weighted by Gasteiger charge is 2.37. The number of fused-ring (bicyclic) bond motifs is 1. The van der Waals surface area contributed by atoms with Crippen molar-refractivity contribution in [2.45, 2.75) is 6.61 Å². The van der Waals surface area contributed by atoms with Crippen LogP contribution in [0.15, 0.2) is 90.5 Å². The lowest BCUT2D eigenvalue weighted by atomic mass is 9.99. The Bertz CT molecular complexity index is 1630. The summed E-state index contributed by atoms with van der Waals surface area (Å²) in [5, 5.41) is 13.3. The number of aromatic carboxylic acids is 1. The Labute approximate surface area is 221 Å². The Balaban J connectivity index is 1.54. The van der Waals surface area contributed by atoms with Gasteiger partial charge in [0.2, 0.25) is 0 Å². The summed E-state index contributed by atoms with van der Waals surface area (Å²) in [6.07, 6.45) is 1.41. The molecule has 188 valence electrons. The number of benzene rings is 4. The molecule has 1 aliphatic heterocycles. The second kappa shape index (κ2) is 10.2. The number of ether oxygens (including phenoxy) is 1. The van der Waals surface area contributed by atoms with Crippen LogP contribution in [0.4, 0.5) is 10.5 Å². The first-order valence-electron chi connectivity index (χ1n) is 11.5. The number of imide groups is 2. The number of amides is 4. The number of carboxylic acids is 1. The molecule has 8 nitrogen and oxygen atoms in total. The number of barbiturate groups is 1. The molecule has 0 spiro atoms. The van der Waals surface area contributed by atoms with Crippen LogP contribution in [0.1, 0.15) is 21.5 Å². The monoisotopic (exact) mass is 526 g/mol. The lowest BCUT2D eigenvalue weighted by Crippen LogP contribution is -2.54. The predicted octanol–water partition coefficient (Wildman–Crippen LogP) is 5.44. The van der Waals surface area contributed by atoms with E-state index in [2.05, 4.69) is 5.32 Å². The van der Waals surface area contributed by atoms with Crippen molar-refractivity contribution in [2.24, 2.45) is 0 Å². The Morgan fingerprint density at radius 1 is 0.921 bits per heavy atom. The van der Waals surface area contributed by atoms with Crippen molar-refractivity contribution >= 4 is 58.0 Å². The molecule has 4 aromatic carbocycles. The number of urea groups is 1. The minimum atomic E-state index is -1.03. The summed E-state index contributed by atoms with van der Waals surface area (Å²) in [5.74, 6) is -2.24. The molecule has 0 aliphatic carbocycles. The maximum absolute atomic E-state index is 13.4. The van der Waals surface area contributed by atoms with Crippen molar-refractivity contribution in [2.75, 3.05) is 4.90 Å². The van der Waals surface area contributed by atoms with E-state index in [4.69, 9.17) is 21.4 Å². The first kappa shape index (κ1) is 24.7. The van der Waals surface area contributed by atoms with E-state index in [9.17, 15) is 19.2 Å². The number of carboxylic acid groups (broad SMARTS) is 1. The van der Waals surface area contributed by atoms with Gasteiger partial charge in [-0.2, -0.15) is 0 Å². The fraction of sp³-hybridized carbons (Fsp3) is 0.0345. The summed E-state index contributed by atoms with van der Waals surface area (Å²) < 4.78 is 6.06. The normalized spacial score (nSPS) is 14.6. The standard InChI is InChI=1S/C29H19ClN2O6/c30-20-10-12-21(13-11-20)32-27(34)24(26(33)31-29(32)37)15-23-22-4-2-1-3-18(22)9-14-25(23)38-16-17-5-7-19(8-6-17)28(35)36/h1-15H,16H2,(H,35,36)(H,31,33,37). The van der Waals surface area contributed by atoms with Gasteiger partial charge >= 0.3 is 12.0 Å². The summed E-state index contributed by atoms with van der Waals surface area (Å²) in [6, 6.07) is 22.5. The van der Waals surface area contributed by atoms with Crippen molar-refractivity contribution in [3.05, 3.63) is 112 Å². The van der Waals surface area contributed by atoms with Crippen LogP contribution in [0.5, 0.6) is 5.75 Å². The average molecular weight is 527 g/mol. The summed E-state index contributed by atoms with van der Waals surface area (Å²) in [7, 11) is 0. The third kappa shape index (κ3) is 4.85. The molecule has 2 N–H and O–H groups in total. The minimum Gasteiger partial charge on any atom is -0.488 e. The van der Waals surface area contributed by atoms with Crippen LogP contribution < -0.4 is 15.0 Å². The van der Waals surface area contributed by atoms with E-state index < -0.39 is 23.8 Å². The molecule has 38 heavy (non-hydrogen) atoms. The van der Waals surface area contributed by atoms with Crippen molar-refractivity contribution in [1.82, 2.24) is 5.32 Å². The van der Waals surface area contributed by atoms with Gasteiger partial charge in [-0.25, -0.2) is 14.5 Å². The number of nitrogens with one attached hydrogen (secondary N) is 1. The molecule has 9 heteroatoms. The average Bonchev–Trinajstić information content (AvgIpc) is 2.91. The highest BCUT2D eigenvalue weighted by atomic mass is 35.5. The van der Waals surface area contributed by atoms with E-state index in [1.165, 1.54) is 42.5 Å². The number of nitrogens with zero attached hydrogens (tertiary/aromatic N) is 1. The number of halogens is 1. The van der Waals surface area contributed by atoms with Gasteiger partial charge in [-0.3, -0.25) is 14.9 Å². The second-order valence-corrected chi connectivity index (χ2v) is 8.86. The van der Waals surface area contributed by atoms with E-state index in [1.807, 2.05) is 30.3 Å². The third-order valence-corrected chi connectivity index (χ3v) is 6.25. The molecule has 1 fully saturated rings. The van der Waals surface area contributed by atoms with Gasteiger partial charge in [0.15, 0.2) is 0 Å². The number of anilines is 1. The summed E-state index contributed by atoms with van der Waals surface area (Å²) >= 11 is 5.94. The van der Waals surface area contributed by atoms with Gasteiger partial charge in [-0.05, 0) is 64.9 Å². The fourth-order valence-corrected chi connectivity index (χ4v) is 4.21. The fourth-order valence-electron chi connectivity index (χ4n) is 4.08. The number of rotatable bonds is 6. The molecular weight excluding hydrogens is 508 g/mol. The van der Waals surface area contributed by atoms with Gasteiger partial charge in [-0.1, -0.05) is 54.1 Å². The van der Waals surface area contributed by atoms with E-state index >= 15 is 0 Å². The van der Waals surface area contributed by atoms with Gasteiger partial charge in [0.25, 0.3) is 11.8 Å². The second-order valence-electron chi connectivity index (χ2n) is 8.42. The maximum Gasteiger partial charge on any atom is 0.335 e. The predicted molar refractivity (Wildman–Crippen MR) is 142 cm³/mol. The van der Waals surface area contributed by atoms with Crippen LogP contribution >= 0.6 is 11.6 Å². The summed E-state index contributed by atoms with van der Waals surface area (Å²) in [5.41, 5.74) is 1.38. The Kier molecular flexibility index (Phi) is 6.64. The quantitative estimate of drug-likeness (QED) is 0.255. The molecule has 0 atom stereocenters. The number of carbonyl (C=O) groups is 4. The molecule has 0 unspecified atom stereocenters. The molecule has 4 aromatic rings. The zero-order chi connectivity index (χ0) is 26.8. The SMILES string of the molecule is O=C1NC(=O)N(c2ccc(Cl)cc2)C(=O)C1=Cc1c(OCc2ccc(C(=O)O)cc2)ccc2ccccc12. The Morgan fingerprint density at radius 3 is 2.34 bits per heavy atom. The van der Waals surface area contributed by atoms with Gasteiger partial charge in [0.1, 0.15) is 17.9 Å². The van der Waals surface area contributed by atoms with Crippen LogP contribution in [0.3, 0.4) is 0 Å². The van der Waals surface area contributed by atoms with Gasteiger partial charge < -0.3 is 9.84 Å². The van der Waals surface area contributed by atoms with Crippen LogP contribution in [0, 0.1) is 0 Å². The Hall–Kier alpha value is -4.95. The molecule has 0 radical (unpaired) electrons. The zero-order valence-electron chi connectivity index (χ0n) is 19.7. The Morgan fingerprint density at radius 2 is 1.63 bits per heavy atom. The van der Waals surface area contributed by atoms with Crippen molar-refractivity contribution < 1.29 is 29.0 Å². The molecule has 0 saturated carbocycles. The third-order valence-electron chi connectivity index (χ3n) is 6.00. The first-order chi connectivity index (χ1) is 18.3. The van der Waals surface area contributed by atoms with Gasteiger partial charge in [0.05, 0.1) is 11.3 Å². The van der Waals surface area contributed by atoms with Crippen LogP contribution in [0.2, 0.25) is 5.02 Å². The van der Waals surface area contributed by atoms with E-state index in [-0.39, 0.29) is 23.4 Å². The molecular formula is C29H19ClN2O6. The molecule has 0 aromatic heterocycles. The largest absolute Gasteiger partial charge is 0.488 e. The first-order valence-corrected chi connectivity index (χ1v) is 11.8. The molecule has 0 bridgehead atoms. The van der Waals surface area contributed by atoms with Crippen LogP contribution in [0.25, 0.3) is 16.8 Å². The van der Waals surface area contributed by atoms with Gasteiger partial charge in [0, 0.05) is 10.6 Å². The molecule has 1 saturated heterocycles. The zero-order valence-corrected chi connectivity index (χ0v) is 20.4. The maximum atomic E-state index is 13.4. The highest BCUT2D eigenvalue weighted by molar-refractivity contribution is 6.39. The molecule has 1 aliphatic rings. The molecule has 5 rings (SSSR count). The van der Waals surface area contributed by atoms with E-state index in [0.29, 0.717) is 16.3 Å². The van der Waals surface area contributed by atoms with Crippen LogP contribution in [-0.4, -0.2) is 28.9 Å². The van der Waals surface area contributed by atoms with Crippen LogP contribution in [-0.2, 0) is 16.2 Å². The van der Waals surface area contributed by atoms with E-state index in [0.717, 1.165) is 21.2 Å². The van der Waals surface area contributed by atoms with Crippen molar-refractivity contribution in [3.8, 4) is 5.75 Å². The minimum absolute atomic E-state index is 0.115. The number of hydrogen-bond acceptors (Lipinski definition) is 5. The van der Waals surface area contributed by atoms with Crippen molar-refractivity contribution in [3.63, 3.8) is 0 Å². The lowest BCUT2D eigenvalue weighted by Gasteiger charge is -2.26. The van der Waals surface area contributed by atoms with Crippen molar-refractivity contribution in [1.29, 1.82) is 0 Å². The smallest absolute Gasteiger partial charge is 0.335 e. The van der Waals surface area contributed by atoms with E-state index in [1.54, 1.807) is 18.2 Å².